The molecule has 2 atom stereocenters. The van der Waals surface area contributed by atoms with Gasteiger partial charge >= 0.3 is 0 Å². The van der Waals surface area contributed by atoms with Crippen LogP contribution in [0.5, 0.6) is 0 Å². The van der Waals surface area contributed by atoms with Crippen molar-refractivity contribution in [2.75, 3.05) is 0 Å². The van der Waals surface area contributed by atoms with Gasteiger partial charge in [0.05, 0.1) is 0 Å². The van der Waals surface area contributed by atoms with Crippen molar-refractivity contribution in [2.24, 2.45) is 11.8 Å². The summed E-state index contributed by atoms with van der Waals surface area (Å²) < 4.78 is 3.12. The molecule has 7 rings (SSSR count). The molecule has 4 aromatic carbocycles. The van der Waals surface area contributed by atoms with Crippen LogP contribution in [0.3, 0.4) is 0 Å². The first-order chi connectivity index (χ1) is 41.0. The number of unbranched alkanes of at least 4 members (excludes halogenated alkanes) is 34. The average molecular weight is 1160 g/mol. The first-order valence-corrected chi connectivity index (χ1v) is 38.7. The van der Waals surface area contributed by atoms with Crippen molar-refractivity contribution in [3.05, 3.63) is 81.5 Å². The van der Waals surface area contributed by atoms with Crippen LogP contribution in [0.25, 0.3) is 52.8 Å². The van der Waals surface area contributed by atoms with Gasteiger partial charge in [-0.2, -0.15) is 0 Å². The van der Waals surface area contributed by atoms with E-state index in [4.69, 9.17) is 0 Å². The maximum Gasteiger partial charge on any atom is 0.0424 e. The topological polar surface area (TPSA) is 0 Å². The van der Waals surface area contributed by atoms with Crippen LogP contribution in [0, 0.1) is 11.8 Å². The fourth-order valence-corrected chi connectivity index (χ4v) is 17.6. The van der Waals surface area contributed by atoms with Gasteiger partial charge in [0.2, 0.25) is 0 Å². The summed E-state index contributed by atoms with van der Waals surface area (Å²) in [4.78, 5) is 0. The van der Waals surface area contributed by atoms with Gasteiger partial charge in [0, 0.05) is 14.8 Å². The molecule has 0 amide bonds. The zero-order chi connectivity index (χ0) is 58.2. The van der Waals surface area contributed by atoms with Gasteiger partial charge in [-0.3, -0.25) is 0 Å². The van der Waals surface area contributed by atoms with Crippen LogP contribution in [-0.2, 0) is 18.3 Å². The third-order valence-corrected chi connectivity index (χ3v) is 22.6. The molecule has 462 valence electrons. The summed E-state index contributed by atoms with van der Waals surface area (Å²) in [5.74, 6) is 1.55. The predicted molar refractivity (Wildman–Crippen MR) is 379 cm³/mol. The van der Waals surface area contributed by atoms with Crippen LogP contribution in [0.4, 0.5) is 0 Å². The molecule has 2 heteroatoms. The van der Waals surface area contributed by atoms with Gasteiger partial charge in [-0.1, -0.05) is 336 Å². The van der Waals surface area contributed by atoms with E-state index < -0.39 is 0 Å². The highest BCUT2D eigenvalue weighted by Crippen LogP contribution is 2.57. The SMILES string of the molecule is CCCCCCCCCCC(CCCCCCCC)Cc1cc2cc3c(cc2c2sccc12)C(CCCCCCCC)(CCCCCCCC)c1cc2c(cc1-3)cc(CC(CCCCCCCC)CCCCCCCCCC)c1ccsc12. The maximum absolute atomic E-state index is 2.82. The summed E-state index contributed by atoms with van der Waals surface area (Å²) >= 11 is 4.08. The van der Waals surface area contributed by atoms with Crippen LogP contribution in [0.2, 0.25) is 0 Å². The molecule has 83 heavy (non-hydrogen) atoms. The molecule has 0 saturated carbocycles. The number of hydrogen-bond acceptors (Lipinski definition) is 2. The molecule has 2 heterocycles. The Balaban J connectivity index is 1.28. The molecule has 1 aliphatic carbocycles. The molecular weight excluding hydrogens is 1040 g/mol. The minimum Gasteiger partial charge on any atom is -0.143 e. The summed E-state index contributed by atoms with van der Waals surface area (Å²) in [6.07, 6.45) is 66.3. The first-order valence-electron chi connectivity index (χ1n) is 36.9. The summed E-state index contributed by atoms with van der Waals surface area (Å²) in [7, 11) is 0. The van der Waals surface area contributed by atoms with Crippen molar-refractivity contribution < 1.29 is 0 Å². The van der Waals surface area contributed by atoms with Gasteiger partial charge in [0.25, 0.3) is 0 Å². The Morgan fingerprint density at radius 3 is 0.880 bits per heavy atom. The van der Waals surface area contributed by atoms with Crippen molar-refractivity contribution in [2.45, 2.75) is 355 Å². The van der Waals surface area contributed by atoms with E-state index in [1.807, 2.05) is 22.7 Å². The van der Waals surface area contributed by atoms with E-state index in [9.17, 15) is 0 Å². The van der Waals surface area contributed by atoms with Gasteiger partial charge in [-0.15, -0.1) is 22.7 Å². The lowest BCUT2D eigenvalue weighted by Gasteiger charge is -2.33. The molecule has 0 bridgehead atoms. The molecule has 0 fully saturated rings. The molecule has 0 nitrogen and oxygen atoms in total. The Labute approximate surface area is 520 Å². The molecule has 2 unspecified atom stereocenters. The molecule has 0 radical (unpaired) electrons. The van der Waals surface area contributed by atoms with Crippen LogP contribution < -0.4 is 0 Å². The van der Waals surface area contributed by atoms with E-state index in [1.165, 1.54) is 330 Å². The standard InChI is InChI=1S/C81H126S2/c1-7-13-19-25-31-33-37-43-49-65(47-41-35-27-21-15-9-3)57-67-59-69-61-75-76-62-70-60-68(58-66(48-42-36-28-22-16-10-4)50-44-38-34-32-26-20-14-8-2)72-52-56-83-80(72)74(70)64-78(76)81(53-45-39-29-23-17-11-5,54-46-40-30-24-18-12-6)77(75)63-73(69)79-71(67)51-55-82-79/h51-52,55-56,59-66H,7-50,53-54,57-58H2,1-6H3. The lowest BCUT2D eigenvalue weighted by Crippen LogP contribution is -2.25. The summed E-state index contributed by atoms with van der Waals surface area (Å²) in [6.45, 7) is 14.1. The molecular formula is C81H126S2. The van der Waals surface area contributed by atoms with Gasteiger partial charge in [-0.25, -0.2) is 0 Å². The second-order valence-corrected chi connectivity index (χ2v) is 29.4. The quantitative estimate of drug-likeness (QED) is 0.0334. The van der Waals surface area contributed by atoms with E-state index in [2.05, 4.69) is 101 Å². The number of rotatable bonds is 50. The molecule has 0 aliphatic heterocycles. The highest BCUT2D eigenvalue weighted by atomic mass is 32.1. The highest BCUT2D eigenvalue weighted by Gasteiger charge is 2.43. The number of thiophene rings is 2. The Morgan fingerprint density at radius 2 is 0.578 bits per heavy atom. The summed E-state index contributed by atoms with van der Waals surface area (Å²) in [5.41, 5.74) is 9.85. The van der Waals surface area contributed by atoms with Crippen molar-refractivity contribution in [1.29, 1.82) is 0 Å². The van der Waals surface area contributed by atoms with Crippen molar-refractivity contribution in [3.63, 3.8) is 0 Å². The summed E-state index contributed by atoms with van der Waals surface area (Å²) in [6, 6.07) is 21.7. The van der Waals surface area contributed by atoms with Crippen molar-refractivity contribution in [3.8, 4) is 11.1 Å². The molecule has 0 spiro atoms. The highest BCUT2D eigenvalue weighted by molar-refractivity contribution is 7.18. The largest absolute Gasteiger partial charge is 0.143 e. The first kappa shape index (κ1) is 67.8. The van der Waals surface area contributed by atoms with E-state index in [0.717, 1.165) is 11.8 Å². The zero-order valence-corrected chi connectivity index (χ0v) is 56.8. The van der Waals surface area contributed by atoms with Crippen LogP contribution in [0.1, 0.15) is 359 Å². The minimum absolute atomic E-state index is 0.0452. The van der Waals surface area contributed by atoms with Gasteiger partial charge in [0.15, 0.2) is 0 Å². The minimum atomic E-state index is 0.0452. The third kappa shape index (κ3) is 20.7. The number of fused-ring (bicyclic) bond motifs is 9. The molecule has 0 saturated heterocycles. The van der Waals surface area contributed by atoms with Crippen LogP contribution in [0.15, 0.2) is 59.3 Å². The van der Waals surface area contributed by atoms with Crippen molar-refractivity contribution >= 4 is 64.4 Å². The number of benzene rings is 4. The maximum atomic E-state index is 2.82. The average Bonchev–Trinajstić information content (AvgIpc) is 4.41. The van der Waals surface area contributed by atoms with E-state index in [1.54, 1.807) is 53.6 Å². The lowest BCUT2D eigenvalue weighted by molar-refractivity contribution is 0.398. The van der Waals surface area contributed by atoms with E-state index in [-0.39, 0.29) is 5.41 Å². The normalized spacial score (nSPS) is 13.8. The predicted octanol–water partition coefficient (Wildman–Crippen LogP) is 29.1. The second kappa shape index (κ2) is 39.3. The molecule has 6 aromatic rings. The third-order valence-electron chi connectivity index (χ3n) is 20.7. The lowest BCUT2D eigenvalue weighted by atomic mass is 9.70. The Hall–Kier alpha value is -2.68. The van der Waals surface area contributed by atoms with E-state index >= 15 is 0 Å². The van der Waals surface area contributed by atoms with Gasteiger partial charge in [-0.05, 0) is 150 Å². The molecule has 1 aliphatic rings. The van der Waals surface area contributed by atoms with E-state index in [0.29, 0.717) is 0 Å². The Morgan fingerprint density at radius 1 is 0.301 bits per heavy atom. The van der Waals surface area contributed by atoms with Gasteiger partial charge < -0.3 is 0 Å². The molecule has 0 N–H and O–H groups in total. The van der Waals surface area contributed by atoms with Gasteiger partial charge in [0.1, 0.15) is 0 Å². The van der Waals surface area contributed by atoms with Crippen LogP contribution >= 0.6 is 22.7 Å². The number of hydrogen-bond donors (Lipinski definition) is 0. The fourth-order valence-electron chi connectivity index (χ4n) is 15.6. The zero-order valence-electron chi connectivity index (χ0n) is 55.2. The Bertz CT molecular complexity index is 2490. The summed E-state index contributed by atoms with van der Waals surface area (Å²) in [5, 5.41) is 14.1. The fraction of sp³-hybridized carbons (Fsp3) is 0.704. The monoisotopic (exact) mass is 1160 g/mol. The second-order valence-electron chi connectivity index (χ2n) is 27.5. The Kier molecular flexibility index (Phi) is 32.1. The molecule has 2 aromatic heterocycles. The van der Waals surface area contributed by atoms with Crippen LogP contribution in [-0.4, -0.2) is 0 Å². The smallest absolute Gasteiger partial charge is 0.0424 e. The van der Waals surface area contributed by atoms with Crippen molar-refractivity contribution in [1.82, 2.24) is 0 Å².